The number of rotatable bonds is 3. The van der Waals surface area contributed by atoms with Crippen LogP contribution in [0.3, 0.4) is 0 Å². The van der Waals surface area contributed by atoms with Gasteiger partial charge >= 0.3 is 0 Å². The summed E-state index contributed by atoms with van der Waals surface area (Å²) in [6.07, 6.45) is 1.46. The average Bonchev–Trinajstić information content (AvgIpc) is 2.82. The maximum atomic E-state index is 13.8. The quantitative estimate of drug-likeness (QED) is 0.373. The number of Topliss-reactive ketones (excluding diaryl/α,β-unsaturated/α-hetero) is 1. The molecule has 0 aromatic heterocycles. The number of carbonyl (C=O) groups is 1. The van der Waals surface area contributed by atoms with E-state index in [2.05, 4.69) is 26.1 Å². The standard InChI is InChI=1S/C27H24BrClF2N2O/c1-16(18-4-9-22(30)23(31)14-18)33-12-10-27(11-13-33)25(17-2-6-20(29)7-3-17)26(34)21-8-5-19(28)15-24(21)32-27/h2-9,14-16,25,32H,10-13H2,1H3. The molecule has 1 spiro atoms. The van der Waals surface area contributed by atoms with Crippen LogP contribution in [0.15, 0.2) is 65.1 Å². The first-order valence-electron chi connectivity index (χ1n) is 11.3. The van der Waals surface area contributed by atoms with Gasteiger partial charge in [0.15, 0.2) is 17.4 Å². The Hall–Kier alpha value is -2.28. The molecule has 2 aliphatic heterocycles. The van der Waals surface area contributed by atoms with Gasteiger partial charge < -0.3 is 5.32 Å². The van der Waals surface area contributed by atoms with Gasteiger partial charge in [0, 0.05) is 39.9 Å². The zero-order valence-corrected chi connectivity index (χ0v) is 21.0. The molecule has 34 heavy (non-hydrogen) atoms. The molecule has 3 aromatic carbocycles. The molecule has 5 rings (SSSR count). The van der Waals surface area contributed by atoms with Gasteiger partial charge in [-0.3, -0.25) is 9.69 Å². The molecular formula is C27H24BrClF2N2O. The lowest BCUT2D eigenvalue weighted by Crippen LogP contribution is -2.57. The summed E-state index contributed by atoms with van der Waals surface area (Å²) >= 11 is 9.66. The SMILES string of the molecule is CC(c1ccc(F)c(F)c1)N1CCC2(CC1)Nc1cc(Br)ccc1C(=O)C2c1ccc(Cl)cc1. The first kappa shape index (κ1) is 23.5. The summed E-state index contributed by atoms with van der Waals surface area (Å²) in [4.78, 5) is 16.1. The average molecular weight is 546 g/mol. The smallest absolute Gasteiger partial charge is 0.174 e. The second-order valence-corrected chi connectivity index (χ2v) is 10.6. The number of hydrogen-bond donors (Lipinski definition) is 1. The lowest BCUT2D eigenvalue weighted by Gasteiger charge is -2.51. The number of piperidine rings is 1. The van der Waals surface area contributed by atoms with E-state index >= 15 is 0 Å². The summed E-state index contributed by atoms with van der Waals surface area (Å²) in [6, 6.07) is 17.3. The fraction of sp³-hybridized carbons (Fsp3) is 0.296. The third kappa shape index (κ3) is 4.16. The van der Waals surface area contributed by atoms with Gasteiger partial charge in [0.05, 0.1) is 11.5 Å². The third-order valence-corrected chi connectivity index (χ3v) is 8.06. The number of hydrogen-bond acceptors (Lipinski definition) is 3. The largest absolute Gasteiger partial charge is 0.378 e. The molecule has 0 bridgehead atoms. The molecule has 0 amide bonds. The summed E-state index contributed by atoms with van der Waals surface area (Å²) < 4.78 is 28.2. The van der Waals surface area contributed by atoms with E-state index in [0.29, 0.717) is 23.7 Å². The molecule has 2 aliphatic rings. The molecule has 176 valence electrons. The van der Waals surface area contributed by atoms with Gasteiger partial charge in [-0.2, -0.15) is 0 Å². The van der Waals surface area contributed by atoms with Crippen LogP contribution in [0.1, 0.15) is 53.2 Å². The van der Waals surface area contributed by atoms with Gasteiger partial charge in [-0.15, -0.1) is 0 Å². The van der Waals surface area contributed by atoms with E-state index in [1.807, 2.05) is 49.4 Å². The Morgan fingerprint density at radius 2 is 1.74 bits per heavy atom. The van der Waals surface area contributed by atoms with Gasteiger partial charge in [-0.05, 0) is 73.4 Å². The van der Waals surface area contributed by atoms with E-state index in [4.69, 9.17) is 11.6 Å². The minimum atomic E-state index is -0.839. The molecule has 1 fully saturated rings. The molecule has 7 heteroatoms. The highest BCUT2D eigenvalue weighted by molar-refractivity contribution is 9.10. The summed E-state index contributed by atoms with van der Waals surface area (Å²) in [5.74, 6) is -1.92. The lowest BCUT2D eigenvalue weighted by molar-refractivity contribution is 0.0807. The summed E-state index contributed by atoms with van der Waals surface area (Å²) in [5, 5.41) is 4.38. The number of nitrogens with zero attached hydrogens (tertiary/aromatic N) is 1. The van der Waals surface area contributed by atoms with Crippen molar-refractivity contribution in [2.45, 2.75) is 37.3 Å². The van der Waals surface area contributed by atoms with Crippen LogP contribution >= 0.6 is 27.5 Å². The van der Waals surface area contributed by atoms with Gasteiger partial charge in [0.1, 0.15) is 0 Å². The first-order valence-corrected chi connectivity index (χ1v) is 12.5. The molecule has 1 N–H and O–H groups in total. The molecule has 0 saturated carbocycles. The second-order valence-electron chi connectivity index (χ2n) is 9.21. The fourth-order valence-corrected chi connectivity index (χ4v) is 5.90. The molecule has 3 aromatic rings. The van der Waals surface area contributed by atoms with Crippen molar-refractivity contribution < 1.29 is 13.6 Å². The summed E-state index contributed by atoms with van der Waals surface area (Å²) in [6.45, 7) is 3.44. The van der Waals surface area contributed by atoms with Crippen LogP contribution < -0.4 is 5.32 Å². The minimum Gasteiger partial charge on any atom is -0.378 e. The second kappa shape index (κ2) is 9.06. The summed E-state index contributed by atoms with van der Waals surface area (Å²) in [7, 11) is 0. The van der Waals surface area contributed by atoms with Crippen molar-refractivity contribution in [3.05, 3.63) is 98.5 Å². The molecule has 2 heterocycles. The van der Waals surface area contributed by atoms with E-state index in [1.54, 1.807) is 6.07 Å². The van der Waals surface area contributed by atoms with E-state index in [9.17, 15) is 13.6 Å². The van der Waals surface area contributed by atoms with Gasteiger partial charge in [-0.1, -0.05) is 45.7 Å². The molecule has 0 aliphatic carbocycles. The van der Waals surface area contributed by atoms with Gasteiger partial charge in [0.2, 0.25) is 0 Å². The van der Waals surface area contributed by atoms with Crippen molar-refractivity contribution in [1.82, 2.24) is 4.90 Å². The number of nitrogens with one attached hydrogen (secondary N) is 1. The van der Waals surface area contributed by atoms with E-state index in [-0.39, 0.29) is 17.7 Å². The monoisotopic (exact) mass is 544 g/mol. The van der Waals surface area contributed by atoms with Crippen molar-refractivity contribution in [3.63, 3.8) is 0 Å². The Morgan fingerprint density at radius 1 is 1.03 bits per heavy atom. The number of carbonyl (C=O) groups excluding carboxylic acids is 1. The van der Waals surface area contributed by atoms with Crippen LogP contribution in [0.25, 0.3) is 0 Å². The maximum Gasteiger partial charge on any atom is 0.174 e. The minimum absolute atomic E-state index is 0.0674. The highest BCUT2D eigenvalue weighted by Gasteiger charge is 2.50. The van der Waals surface area contributed by atoms with E-state index in [0.717, 1.165) is 34.1 Å². The predicted molar refractivity (Wildman–Crippen MR) is 135 cm³/mol. The van der Waals surface area contributed by atoms with Crippen molar-refractivity contribution in [2.75, 3.05) is 18.4 Å². The molecule has 3 nitrogen and oxygen atoms in total. The normalized spacial score (nSPS) is 20.6. The van der Waals surface area contributed by atoms with Crippen LogP contribution in [0.4, 0.5) is 14.5 Å². The number of benzene rings is 3. The van der Waals surface area contributed by atoms with Crippen molar-refractivity contribution in [2.24, 2.45) is 0 Å². The van der Waals surface area contributed by atoms with Crippen LogP contribution in [0.2, 0.25) is 5.02 Å². The Bertz CT molecular complexity index is 1240. The summed E-state index contributed by atoms with van der Waals surface area (Å²) in [5.41, 5.74) is 2.75. The lowest BCUT2D eigenvalue weighted by atomic mass is 9.67. The zero-order valence-electron chi connectivity index (χ0n) is 18.6. The first-order chi connectivity index (χ1) is 16.3. The van der Waals surface area contributed by atoms with Crippen LogP contribution in [0, 0.1) is 11.6 Å². The predicted octanol–water partition coefficient (Wildman–Crippen LogP) is 7.37. The van der Waals surface area contributed by atoms with Gasteiger partial charge in [0.25, 0.3) is 0 Å². The molecule has 0 radical (unpaired) electrons. The van der Waals surface area contributed by atoms with Gasteiger partial charge in [-0.25, -0.2) is 8.78 Å². The van der Waals surface area contributed by atoms with Crippen molar-refractivity contribution in [1.29, 1.82) is 0 Å². The highest BCUT2D eigenvalue weighted by Crippen LogP contribution is 2.47. The Kier molecular flexibility index (Phi) is 6.25. The molecular weight excluding hydrogens is 522 g/mol. The van der Waals surface area contributed by atoms with E-state index < -0.39 is 17.2 Å². The number of fused-ring (bicyclic) bond motifs is 1. The number of likely N-dealkylation sites (tertiary alicyclic amines) is 1. The molecule has 2 atom stereocenters. The van der Waals surface area contributed by atoms with Crippen molar-refractivity contribution in [3.8, 4) is 0 Å². The van der Waals surface area contributed by atoms with Crippen LogP contribution in [-0.4, -0.2) is 29.3 Å². The van der Waals surface area contributed by atoms with Crippen LogP contribution in [0.5, 0.6) is 0 Å². The Labute approximate surface area is 211 Å². The maximum absolute atomic E-state index is 13.8. The number of halogens is 4. The highest BCUT2D eigenvalue weighted by atomic mass is 79.9. The van der Waals surface area contributed by atoms with Crippen LogP contribution in [-0.2, 0) is 0 Å². The molecule has 1 saturated heterocycles. The van der Waals surface area contributed by atoms with Crippen molar-refractivity contribution >= 4 is 39.0 Å². The topological polar surface area (TPSA) is 32.3 Å². The number of ketones is 1. The Balaban J connectivity index is 1.47. The zero-order chi connectivity index (χ0) is 24.0. The Morgan fingerprint density at radius 3 is 2.41 bits per heavy atom. The third-order valence-electron chi connectivity index (χ3n) is 7.31. The molecule has 2 unspecified atom stereocenters. The fourth-order valence-electron chi connectivity index (χ4n) is 5.41. The van der Waals surface area contributed by atoms with E-state index in [1.165, 1.54) is 12.1 Å². The number of anilines is 1.